The molecule has 0 bridgehead atoms. The number of thiophene rings is 1. The Morgan fingerprint density at radius 3 is 3.00 bits per heavy atom. The van der Waals surface area contributed by atoms with Gasteiger partial charge in [-0.1, -0.05) is 11.3 Å². The van der Waals surface area contributed by atoms with Crippen molar-refractivity contribution in [2.75, 3.05) is 5.32 Å². The molecule has 0 saturated carbocycles. The first-order valence-corrected chi connectivity index (χ1v) is 5.42. The quantitative estimate of drug-likeness (QED) is 0.641. The Balaban J connectivity index is 2.17. The molecule has 0 unspecified atom stereocenters. The normalized spacial score (nSPS) is 9.72. The fourth-order valence-electron chi connectivity index (χ4n) is 1.19. The van der Waals surface area contributed by atoms with E-state index in [4.69, 9.17) is 5.26 Å². The zero-order valence-corrected chi connectivity index (χ0v) is 9.52. The number of nitrogens with one attached hydrogen (secondary N) is 2. The maximum absolute atomic E-state index is 11.7. The van der Waals surface area contributed by atoms with Gasteiger partial charge in [0.05, 0.1) is 16.0 Å². The summed E-state index contributed by atoms with van der Waals surface area (Å²) in [6.45, 7) is 0. The van der Waals surface area contributed by atoms with Crippen molar-refractivity contribution in [1.29, 1.82) is 5.26 Å². The summed E-state index contributed by atoms with van der Waals surface area (Å²) >= 11 is 0.756. The Kier molecular flexibility index (Phi) is 3.03. The second kappa shape index (κ2) is 4.64. The van der Waals surface area contributed by atoms with Gasteiger partial charge in [0, 0.05) is 6.07 Å². The number of aromatic nitrogens is 2. The third-order valence-corrected chi connectivity index (χ3v) is 3.03. The molecule has 18 heavy (non-hydrogen) atoms. The van der Waals surface area contributed by atoms with Crippen LogP contribution >= 0.6 is 11.3 Å². The molecule has 0 atom stereocenters. The second-order valence-corrected chi connectivity index (χ2v) is 4.18. The SMILES string of the molecule is N#Cc1cn[nH]c1NC(=O)c1ccc([N+](=O)[O-])s1. The van der Waals surface area contributed by atoms with Crippen molar-refractivity contribution < 1.29 is 9.72 Å². The van der Waals surface area contributed by atoms with Gasteiger partial charge in [0.15, 0.2) is 0 Å². The lowest BCUT2D eigenvalue weighted by atomic mass is 10.3. The van der Waals surface area contributed by atoms with Crippen molar-refractivity contribution >= 4 is 28.1 Å². The number of hydrogen-bond acceptors (Lipinski definition) is 6. The molecule has 8 nitrogen and oxygen atoms in total. The number of amides is 1. The van der Waals surface area contributed by atoms with E-state index < -0.39 is 10.8 Å². The Morgan fingerprint density at radius 1 is 1.61 bits per heavy atom. The number of nitrogens with zero attached hydrogens (tertiary/aromatic N) is 3. The van der Waals surface area contributed by atoms with Gasteiger partial charge in [-0.25, -0.2) is 0 Å². The van der Waals surface area contributed by atoms with Crippen molar-refractivity contribution in [2.45, 2.75) is 0 Å². The van der Waals surface area contributed by atoms with Crippen LogP contribution in [0.25, 0.3) is 0 Å². The molecule has 0 aromatic carbocycles. The van der Waals surface area contributed by atoms with E-state index in [1.54, 1.807) is 0 Å². The number of rotatable bonds is 3. The van der Waals surface area contributed by atoms with E-state index in [-0.39, 0.29) is 21.3 Å². The molecule has 1 amide bonds. The third-order valence-electron chi connectivity index (χ3n) is 1.99. The van der Waals surface area contributed by atoms with E-state index in [0.717, 1.165) is 11.3 Å². The van der Waals surface area contributed by atoms with Crippen LogP contribution in [-0.2, 0) is 0 Å². The summed E-state index contributed by atoms with van der Waals surface area (Å²) in [6, 6.07) is 4.44. The number of H-pyrrole nitrogens is 1. The number of carbonyl (C=O) groups is 1. The molecule has 0 aliphatic rings. The second-order valence-electron chi connectivity index (χ2n) is 3.12. The van der Waals surface area contributed by atoms with Crippen LogP contribution in [0.5, 0.6) is 0 Å². The summed E-state index contributed by atoms with van der Waals surface area (Å²) in [5.41, 5.74) is 0.189. The molecule has 0 spiro atoms. The van der Waals surface area contributed by atoms with Crippen LogP contribution < -0.4 is 5.32 Å². The van der Waals surface area contributed by atoms with Crippen molar-refractivity contribution in [3.63, 3.8) is 0 Å². The first kappa shape index (κ1) is 11.7. The van der Waals surface area contributed by atoms with E-state index in [0.29, 0.717) is 0 Å². The fourth-order valence-corrected chi connectivity index (χ4v) is 1.90. The van der Waals surface area contributed by atoms with E-state index >= 15 is 0 Å². The third kappa shape index (κ3) is 2.18. The van der Waals surface area contributed by atoms with E-state index in [1.165, 1.54) is 18.3 Å². The largest absolute Gasteiger partial charge is 0.324 e. The van der Waals surface area contributed by atoms with Crippen LogP contribution in [0.4, 0.5) is 10.8 Å². The molecule has 2 aromatic heterocycles. The van der Waals surface area contributed by atoms with Gasteiger partial charge < -0.3 is 5.32 Å². The van der Waals surface area contributed by atoms with Crippen molar-refractivity contribution in [3.05, 3.63) is 38.9 Å². The Bertz CT molecular complexity index is 653. The molecule has 2 aromatic rings. The number of carbonyl (C=O) groups excluding carboxylic acids is 1. The van der Waals surface area contributed by atoms with Crippen molar-refractivity contribution in [2.24, 2.45) is 0 Å². The van der Waals surface area contributed by atoms with Crippen LogP contribution in [0, 0.1) is 21.4 Å². The Labute approximate surface area is 104 Å². The highest BCUT2D eigenvalue weighted by Gasteiger charge is 2.16. The van der Waals surface area contributed by atoms with Gasteiger partial charge in [-0.3, -0.25) is 20.0 Å². The smallest absolute Gasteiger partial charge is 0.305 e. The number of nitro groups is 1. The number of aromatic amines is 1. The summed E-state index contributed by atoms with van der Waals surface area (Å²) < 4.78 is 0. The van der Waals surface area contributed by atoms with Gasteiger partial charge in [-0.15, -0.1) is 0 Å². The van der Waals surface area contributed by atoms with Gasteiger partial charge in [-0.05, 0) is 6.07 Å². The first-order valence-electron chi connectivity index (χ1n) is 4.61. The molecule has 0 saturated heterocycles. The Hall–Kier alpha value is -2.73. The zero-order valence-electron chi connectivity index (χ0n) is 8.71. The lowest BCUT2D eigenvalue weighted by Gasteiger charge is -1.99. The van der Waals surface area contributed by atoms with E-state index in [9.17, 15) is 14.9 Å². The minimum atomic E-state index is -0.571. The van der Waals surface area contributed by atoms with Gasteiger partial charge in [0.25, 0.3) is 5.91 Å². The van der Waals surface area contributed by atoms with Crippen LogP contribution in [0.15, 0.2) is 18.3 Å². The Morgan fingerprint density at radius 2 is 2.39 bits per heavy atom. The molecular weight excluding hydrogens is 258 g/mol. The molecule has 90 valence electrons. The minimum absolute atomic E-state index is 0.120. The number of anilines is 1. The van der Waals surface area contributed by atoms with Gasteiger partial charge in [-0.2, -0.15) is 10.4 Å². The lowest BCUT2D eigenvalue weighted by molar-refractivity contribution is -0.380. The maximum Gasteiger partial charge on any atom is 0.324 e. The molecule has 0 aliphatic carbocycles. The molecule has 2 N–H and O–H groups in total. The molecule has 2 heterocycles. The zero-order chi connectivity index (χ0) is 13.1. The van der Waals surface area contributed by atoms with E-state index in [1.807, 2.05) is 6.07 Å². The molecule has 0 radical (unpaired) electrons. The highest BCUT2D eigenvalue weighted by molar-refractivity contribution is 7.17. The number of hydrogen-bond donors (Lipinski definition) is 2. The average molecular weight is 263 g/mol. The summed E-state index contributed by atoms with van der Waals surface area (Å²) in [6.07, 6.45) is 1.27. The molecular formula is C9H5N5O3S. The summed E-state index contributed by atoms with van der Waals surface area (Å²) in [5, 5.41) is 27.6. The molecule has 0 fully saturated rings. The average Bonchev–Trinajstić information content (AvgIpc) is 2.96. The van der Waals surface area contributed by atoms with E-state index in [2.05, 4.69) is 15.5 Å². The lowest BCUT2D eigenvalue weighted by Crippen LogP contribution is -2.11. The van der Waals surface area contributed by atoms with Crippen LogP contribution in [0.2, 0.25) is 0 Å². The highest BCUT2D eigenvalue weighted by atomic mass is 32.1. The van der Waals surface area contributed by atoms with Gasteiger partial charge >= 0.3 is 5.00 Å². The fraction of sp³-hybridized carbons (Fsp3) is 0. The van der Waals surface area contributed by atoms with Crippen LogP contribution in [0.1, 0.15) is 15.2 Å². The van der Waals surface area contributed by atoms with Crippen molar-refractivity contribution in [3.8, 4) is 6.07 Å². The minimum Gasteiger partial charge on any atom is -0.305 e. The molecule has 0 aliphatic heterocycles. The summed E-state index contributed by atoms with van der Waals surface area (Å²) in [5.74, 6) is -0.368. The summed E-state index contributed by atoms with van der Waals surface area (Å²) in [4.78, 5) is 21.8. The highest BCUT2D eigenvalue weighted by Crippen LogP contribution is 2.24. The first-order chi connectivity index (χ1) is 8.61. The topological polar surface area (TPSA) is 125 Å². The van der Waals surface area contributed by atoms with Crippen LogP contribution in [0.3, 0.4) is 0 Å². The maximum atomic E-state index is 11.7. The monoisotopic (exact) mass is 263 g/mol. The predicted molar refractivity (Wildman–Crippen MR) is 62.2 cm³/mol. The predicted octanol–water partition coefficient (Wildman–Crippen LogP) is 1.50. The van der Waals surface area contributed by atoms with Crippen molar-refractivity contribution in [1.82, 2.24) is 10.2 Å². The molecule has 9 heteroatoms. The standard InChI is InChI=1S/C9H5N5O3S/c10-3-5-4-11-13-8(5)12-9(15)6-1-2-7(18-6)14(16)17/h1-2,4H,(H2,11,12,13,15). The number of nitriles is 1. The summed E-state index contributed by atoms with van der Waals surface area (Å²) in [7, 11) is 0. The van der Waals surface area contributed by atoms with Gasteiger partial charge in [0.1, 0.15) is 17.5 Å². The van der Waals surface area contributed by atoms with Crippen LogP contribution in [-0.4, -0.2) is 21.0 Å². The molecule has 2 rings (SSSR count). The van der Waals surface area contributed by atoms with Gasteiger partial charge in [0.2, 0.25) is 0 Å².